The lowest BCUT2D eigenvalue weighted by molar-refractivity contribution is 0.244. The van der Waals surface area contributed by atoms with Gasteiger partial charge in [-0.05, 0) is 48.5 Å². The first-order chi connectivity index (χ1) is 14.2. The molecule has 0 aliphatic rings. The van der Waals surface area contributed by atoms with Gasteiger partial charge in [0.25, 0.3) is 0 Å². The van der Waals surface area contributed by atoms with Gasteiger partial charge >= 0.3 is 0 Å². The van der Waals surface area contributed by atoms with Gasteiger partial charge in [0.1, 0.15) is 11.3 Å². The Labute approximate surface area is 173 Å². The first-order valence-electron chi connectivity index (χ1n) is 9.35. The van der Waals surface area contributed by atoms with Gasteiger partial charge in [0.15, 0.2) is 5.76 Å². The summed E-state index contributed by atoms with van der Waals surface area (Å²) in [6, 6.07) is 23.8. The van der Waals surface area contributed by atoms with Crippen molar-refractivity contribution in [2.45, 2.75) is 6.42 Å². The SMILES string of the molecule is O=c1c(OCCCOc2ccccc2)c(-c2ccc(Cl)cc2)oc2ccccc12. The average molecular weight is 407 g/mol. The molecule has 0 amide bonds. The lowest BCUT2D eigenvalue weighted by atomic mass is 10.1. The fourth-order valence-electron chi connectivity index (χ4n) is 2.99. The molecule has 1 aromatic heterocycles. The molecule has 1 heterocycles. The second kappa shape index (κ2) is 8.84. The Bertz CT molecular complexity index is 1150. The molecule has 0 radical (unpaired) electrons. The molecule has 3 aromatic carbocycles. The molecule has 0 unspecified atom stereocenters. The van der Waals surface area contributed by atoms with Crippen LogP contribution < -0.4 is 14.9 Å². The lowest BCUT2D eigenvalue weighted by Crippen LogP contribution is -2.13. The Morgan fingerprint density at radius 3 is 2.28 bits per heavy atom. The van der Waals surface area contributed by atoms with Crippen LogP contribution in [0.1, 0.15) is 6.42 Å². The Hall–Kier alpha value is -3.24. The highest BCUT2D eigenvalue weighted by Crippen LogP contribution is 2.31. The van der Waals surface area contributed by atoms with E-state index >= 15 is 0 Å². The van der Waals surface area contributed by atoms with Crippen molar-refractivity contribution in [3.05, 3.63) is 94.1 Å². The van der Waals surface area contributed by atoms with Crippen LogP contribution in [-0.2, 0) is 0 Å². The maximum atomic E-state index is 13.0. The van der Waals surface area contributed by atoms with Gasteiger partial charge in [-0.1, -0.05) is 41.9 Å². The molecule has 0 N–H and O–H groups in total. The van der Waals surface area contributed by atoms with E-state index < -0.39 is 0 Å². The highest BCUT2D eigenvalue weighted by Gasteiger charge is 2.17. The van der Waals surface area contributed by atoms with Crippen LogP contribution in [0.3, 0.4) is 0 Å². The minimum Gasteiger partial charge on any atom is -0.493 e. The fourth-order valence-corrected chi connectivity index (χ4v) is 3.11. The number of ether oxygens (including phenoxy) is 2. The Morgan fingerprint density at radius 2 is 1.48 bits per heavy atom. The molecule has 0 fully saturated rings. The van der Waals surface area contributed by atoms with Crippen LogP contribution in [0, 0.1) is 0 Å². The van der Waals surface area contributed by atoms with Crippen molar-refractivity contribution in [2.24, 2.45) is 0 Å². The Kier molecular flexibility index (Phi) is 5.82. The number of halogens is 1. The molecule has 5 heteroatoms. The first kappa shape index (κ1) is 19.1. The van der Waals surface area contributed by atoms with E-state index in [0.717, 1.165) is 11.3 Å². The third-order valence-corrected chi connectivity index (χ3v) is 4.66. The largest absolute Gasteiger partial charge is 0.493 e. The molecule has 4 aromatic rings. The summed E-state index contributed by atoms with van der Waals surface area (Å²) in [4.78, 5) is 13.0. The average Bonchev–Trinajstić information content (AvgIpc) is 2.76. The van der Waals surface area contributed by atoms with Crippen LogP contribution in [0.5, 0.6) is 11.5 Å². The van der Waals surface area contributed by atoms with Crippen molar-refractivity contribution in [2.75, 3.05) is 13.2 Å². The smallest absolute Gasteiger partial charge is 0.235 e. The molecule has 0 spiro atoms. The third kappa shape index (κ3) is 4.44. The predicted molar refractivity (Wildman–Crippen MR) is 115 cm³/mol. The van der Waals surface area contributed by atoms with Crippen LogP contribution in [0.15, 0.2) is 88.1 Å². The first-order valence-corrected chi connectivity index (χ1v) is 9.72. The van der Waals surface area contributed by atoms with E-state index in [4.69, 9.17) is 25.5 Å². The number of hydrogen-bond acceptors (Lipinski definition) is 4. The third-order valence-electron chi connectivity index (χ3n) is 4.41. The van der Waals surface area contributed by atoms with E-state index in [1.807, 2.05) is 36.4 Å². The van der Waals surface area contributed by atoms with Gasteiger partial charge < -0.3 is 13.9 Å². The van der Waals surface area contributed by atoms with E-state index in [-0.39, 0.29) is 11.2 Å². The summed E-state index contributed by atoms with van der Waals surface area (Å²) < 4.78 is 17.6. The van der Waals surface area contributed by atoms with E-state index in [2.05, 4.69) is 0 Å². The van der Waals surface area contributed by atoms with Gasteiger partial charge in [0, 0.05) is 17.0 Å². The van der Waals surface area contributed by atoms with Crippen molar-refractivity contribution in [3.63, 3.8) is 0 Å². The zero-order chi connectivity index (χ0) is 20.1. The standard InChI is InChI=1S/C24H19ClO4/c25-18-13-11-17(12-14-18)23-24(22(26)20-9-4-5-10-21(20)29-23)28-16-6-15-27-19-7-2-1-3-8-19/h1-5,7-14H,6,15-16H2. The molecule has 0 saturated heterocycles. The summed E-state index contributed by atoms with van der Waals surface area (Å²) in [6.45, 7) is 0.815. The second-order valence-electron chi connectivity index (χ2n) is 6.46. The summed E-state index contributed by atoms with van der Waals surface area (Å²) in [5, 5.41) is 1.10. The Balaban J connectivity index is 1.56. The minimum absolute atomic E-state index is 0.194. The molecular weight excluding hydrogens is 388 g/mol. The van der Waals surface area contributed by atoms with E-state index in [1.54, 1.807) is 42.5 Å². The molecule has 0 saturated carbocycles. The minimum atomic E-state index is -0.194. The lowest BCUT2D eigenvalue weighted by Gasteiger charge is -2.12. The predicted octanol–water partition coefficient (Wildman–Crippen LogP) is 5.96. The van der Waals surface area contributed by atoms with Crippen molar-refractivity contribution in [3.8, 4) is 22.8 Å². The van der Waals surface area contributed by atoms with Crippen molar-refractivity contribution in [1.82, 2.24) is 0 Å². The van der Waals surface area contributed by atoms with Gasteiger partial charge in [0.2, 0.25) is 11.2 Å². The van der Waals surface area contributed by atoms with Gasteiger partial charge in [-0.25, -0.2) is 0 Å². The number of para-hydroxylation sites is 2. The molecule has 0 atom stereocenters. The molecule has 0 aliphatic carbocycles. The molecular formula is C24H19ClO4. The quantitative estimate of drug-likeness (QED) is 0.355. The van der Waals surface area contributed by atoms with E-state index in [9.17, 15) is 4.79 Å². The molecule has 29 heavy (non-hydrogen) atoms. The summed E-state index contributed by atoms with van der Waals surface area (Å²) in [5.74, 6) is 1.40. The summed E-state index contributed by atoms with van der Waals surface area (Å²) in [5.41, 5.74) is 1.05. The zero-order valence-corrected chi connectivity index (χ0v) is 16.4. The molecule has 146 valence electrons. The molecule has 0 aliphatic heterocycles. The van der Waals surface area contributed by atoms with Crippen molar-refractivity contribution in [1.29, 1.82) is 0 Å². The van der Waals surface area contributed by atoms with Crippen molar-refractivity contribution < 1.29 is 13.9 Å². The van der Waals surface area contributed by atoms with E-state index in [0.29, 0.717) is 41.4 Å². The summed E-state index contributed by atoms with van der Waals surface area (Å²) >= 11 is 6.00. The number of rotatable bonds is 7. The zero-order valence-electron chi connectivity index (χ0n) is 15.6. The van der Waals surface area contributed by atoms with E-state index in [1.165, 1.54) is 0 Å². The number of benzene rings is 3. The number of fused-ring (bicyclic) bond motifs is 1. The molecule has 4 rings (SSSR count). The van der Waals surface area contributed by atoms with Crippen LogP contribution in [0.2, 0.25) is 5.02 Å². The maximum absolute atomic E-state index is 13.0. The van der Waals surface area contributed by atoms with Crippen molar-refractivity contribution >= 4 is 22.6 Å². The molecule has 0 bridgehead atoms. The van der Waals surface area contributed by atoms with Crippen LogP contribution in [-0.4, -0.2) is 13.2 Å². The summed E-state index contributed by atoms with van der Waals surface area (Å²) in [6.07, 6.45) is 0.626. The fraction of sp³-hybridized carbons (Fsp3) is 0.125. The van der Waals surface area contributed by atoms with Gasteiger partial charge in [-0.2, -0.15) is 0 Å². The van der Waals surface area contributed by atoms with Gasteiger partial charge in [0.05, 0.1) is 18.6 Å². The monoisotopic (exact) mass is 406 g/mol. The normalized spacial score (nSPS) is 10.8. The van der Waals surface area contributed by atoms with Crippen LogP contribution >= 0.6 is 11.6 Å². The maximum Gasteiger partial charge on any atom is 0.235 e. The van der Waals surface area contributed by atoms with Gasteiger partial charge in [-0.15, -0.1) is 0 Å². The van der Waals surface area contributed by atoms with Crippen LogP contribution in [0.25, 0.3) is 22.3 Å². The highest BCUT2D eigenvalue weighted by atomic mass is 35.5. The van der Waals surface area contributed by atoms with Gasteiger partial charge in [-0.3, -0.25) is 4.79 Å². The highest BCUT2D eigenvalue weighted by molar-refractivity contribution is 6.30. The Morgan fingerprint density at radius 1 is 0.793 bits per heavy atom. The number of hydrogen-bond donors (Lipinski definition) is 0. The summed E-state index contributed by atoms with van der Waals surface area (Å²) in [7, 11) is 0. The topological polar surface area (TPSA) is 48.7 Å². The molecule has 4 nitrogen and oxygen atoms in total. The van der Waals surface area contributed by atoms with Crippen LogP contribution in [0.4, 0.5) is 0 Å². The second-order valence-corrected chi connectivity index (χ2v) is 6.89.